The molecule has 0 bridgehead atoms. The fourth-order valence-electron chi connectivity index (χ4n) is 14.0. The molecule has 0 aliphatic carbocycles. The van der Waals surface area contributed by atoms with Gasteiger partial charge in [0, 0.05) is 5.92 Å². The highest BCUT2D eigenvalue weighted by molar-refractivity contribution is 5.91. The molecular weight excluding hydrogens is 1420 g/mol. The Morgan fingerprint density at radius 1 is 0.360 bits per heavy atom. The average Bonchev–Trinajstić information content (AvgIpc) is 0.778. The van der Waals surface area contributed by atoms with Crippen molar-refractivity contribution >= 4 is 23.9 Å². The Labute approximate surface area is 651 Å². The number of carbonyl (C=O) groups is 4. The lowest BCUT2D eigenvalue weighted by molar-refractivity contribution is -0.360. The van der Waals surface area contributed by atoms with Crippen LogP contribution < -0.4 is 0 Å². The van der Waals surface area contributed by atoms with Gasteiger partial charge in [-0.05, 0) is 125 Å². The van der Waals surface area contributed by atoms with Crippen molar-refractivity contribution < 1.29 is 101 Å². The summed E-state index contributed by atoms with van der Waals surface area (Å²) in [5.41, 5.74) is 5.95. The molecular formula is C90H106O21. The zero-order chi connectivity index (χ0) is 78.8. The van der Waals surface area contributed by atoms with Crippen LogP contribution in [0, 0.1) is 5.92 Å². The van der Waals surface area contributed by atoms with Gasteiger partial charge >= 0.3 is 23.9 Å². The van der Waals surface area contributed by atoms with E-state index in [2.05, 4.69) is 13.8 Å². The molecule has 5 fully saturated rings. The molecule has 0 radical (unpaired) electrons. The lowest BCUT2D eigenvalue weighted by Crippen LogP contribution is -2.65. The summed E-state index contributed by atoms with van der Waals surface area (Å²) in [4.78, 5) is 50.4. The number of benzene rings is 8. The van der Waals surface area contributed by atoms with E-state index in [1.54, 1.807) is 91.9 Å². The quantitative estimate of drug-likeness (QED) is 0.0397. The van der Waals surface area contributed by atoms with Crippen LogP contribution in [0.5, 0.6) is 0 Å². The van der Waals surface area contributed by atoms with Gasteiger partial charge in [0.05, 0.1) is 98.5 Å². The highest BCUT2D eigenvalue weighted by Crippen LogP contribution is 2.38. The third kappa shape index (κ3) is 23.8. The first-order valence-corrected chi connectivity index (χ1v) is 38.3. The molecule has 592 valence electrons. The second-order valence-electron chi connectivity index (χ2n) is 28.6. The SMILES string of the molecule is CCC1O[C@H](C)C(OC(=O)c2ccccc2)[C@H](OCc2ccccc2)[C@@H]1C.CCC1O[C@H](C)C(OC(=O)c2ccccc2)[C@H](OCc2ccccc2)[C@@H]1O.C[C@H]1OC(CO)[C@@H](O)[C@@H](OCc2ccccc2)C1OC(=O)c1ccccc1.C[C@H]1OC2COC(C)(C)O[C@H]2[C@@H](OCc2ccccc2)C1OC(=O)c1ccccc1. The van der Waals surface area contributed by atoms with Crippen LogP contribution in [0.25, 0.3) is 0 Å². The first-order valence-electron chi connectivity index (χ1n) is 38.3. The van der Waals surface area contributed by atoms with Crippen LogP contribution in [-0.4, -0.2) is 174 Å². The largest absolute Gasteiger partial charge is 0.453 e. The van der Waals surface area contributed by atoms with E-state index in [-0.39, 0.29) is 67.8 Å². The number of carbonyl (C=O) groups excluding carboxylic acids is 4. The normalized spacial score (nSPS) is 28.5. The number of ether oxygens (including phenoxy) is 14. The van der Waals surface area contributed by atoms with Crippen LogP contribution in [0.2, 0.25) is 0 Å². The van der Waals surface area contributed by atoms with Gasteiger partial charge in [0.2, 0.25) is 0 Å². The van der Waals surface area contributed by atoms with Gasteiger partial charge in [0.15, 0.2) is 30.2 Å². The monoisotopic (exact) mass is 1520 g/mol. The Morgan fingerprint density at radius 3 is 0.964 bits per heavy atom. The van der Waals surface area contributed by atoms with E-state index in [1.807, 2.05) is 199 Å². The standard InChI is InChI=1S/C24H28O6.C23H28O4.C22H26O5.C21H24O6/c1-16-20(29-23(25)18-12-8-5-9-13-18)22(26-14-17-10-6-4-7-11-17)21-19(28-16)15-27-24(2,3)30-21;1-4-20-16(2)21(25-15-18-11-7-5-8-12-18)22(17(3)26-20)27-23(24)19-13-9-6-10-14-19;1-3-18-19(23)21(25-14-16-10-6-4-7-11-16)20(15(2)26-18)27-22(24)17-12-8-5-9-13-17;1-14-19(27-21(24)16-10-6-3-7-11-16)20(18(23)17(12-22)26-14)25-13-15-8-4-2-5-9-15/h4-13,16,19-22H,14-15H2,1-3H3;5-14,16-17,20-22H,4,15H2,1-3H3;4-13,15,18-21,23H,3,14H2,1-2H3;2-11,14,17-20,22-23H,12-13H2,1H3/t16-,19?,20?,21-,22+;16-,17-,20?,21-,22?;15-,18?,19-,20?,21-;14-,17?,18-,19?,20-/m1111/s1. The number of aliphatic hydroxyl groups excluding tert-OH is 3. The van der Waals surface area contributed by atoms with Gasteiger partial charge in [-0.15, -0.1) is 0 Å². The Morgan fingerprint density at radius 2 is 0.631 bits per heavy atom. The Hall–Kier alpha value is -8.88. The molecule has 8 unspecified atom stereocenters. The fourth-order valence-corrected chi connectivity index (χ4v) is 14.0. The highest BCUT2D eigenvalue weighted by Gasteiger charge is 2.53. The molecule has 5 saturated heterocycles. The molecule has 20 atom stereocenters. The predicted octanol–water partition coefficient (Wildman–Crippen LogP) is 13.7. The molecule has 21 heteroatoms. The van der Waals surface area contributed by atoms with Crippen molar-refractivity contribution in [2.75, 3.05) is 13.2 Å². The van der Waals surface area contributed by atoms with Crippen molar-refractivity contribution in [3.63, 3.8) is 0 Å². The zero-order valence-electron chi connectivity index (χ0n) is 64.5. The maximum absolute atomic E-state index is 12.8. The summed E-state index contributed by atoms with van der Waals surface area (Å²) in [5.74, 6) is -2.36. The van der Waals surface area contributed by atoms with Gasteiger partial charge in [0.1, 0.15) is 54.9 Å². The molecule has 5 heterocycles. The molecule has 5 aliphatic heterocycles. The average molecular weight is 1520 g/mol. The molecule has 8 aromatic carbocycles. The molecule has 0 spiro atoms. The van der Waals surface area contributed by atoms with Gasteiger partial charge in [0.25, 0.3) is 0 Å². The first kappa shape index (κ1) is 84.6. The summed E-state index contributed by atoms with van der Waals surface area (Å²) in [6.45, 7) is 18.8. The van der Waals surface area contributed by atoms with E-state index in [0.29, 0.717) is 55.1 Å². The minimum Gasteiger partial charge on any atom is -0.453 e. The lowest BCUT2D eigenvalue weighted by atomic mass is 9.87. The predicted molar refractivity (Wildman–Crippen MR) is 414 cm³/mol. The summed E-state index contributed by atoms with van der Waals surface area (Å²) in [5, 5.41) is 30.8. The third-order valence-corrected chi connectivity index (χ3v) is 20.1. The number of aliphatic hydroxyl groups is 3. The zero-order valence-corrected chi connectivity index (χ0v) is 64.5. The van der Waals surface area contributed by atoms with Gasteiger partial charge in [-0.2, -0.15) is 0 Å². The molecule has 8 aromatic rings. The molecule has 21 nitrogen and oxygen atoms in total. The first-order chi connectivity index (χ1) is 53.7. The topological polar surface area (TPSA) is 258 Å². The van der Waals surface area contributed by atoms with Crippen LogP contribution in [0.4, 0.5) is 0 Å². The van der Waals surface area contributed by atoms with Gasteiger partial charge in [-0.3, -0.25) is 0 Å². The Balaban J connectivity index is 0.000000157. The minimum absolute atomic E-state index is 0.0902. The van der Waals surface area contributed by atoms with Crippen molar-refractivity contribution in [2.45, 2.75) is 223 Å². The van der Waals surface area contributed by atoms with Crippen molar-refractivity contribution in [3.05, 3.63) is 287 Å². The van der Waals surface area contributed by atoms with E-state index in [1.165, 1.54) is 0 Å². The summed E-state index contributed by atoms with van der Waals surface area (Å²) in [7, 11) is 0. The van der Waals surface area contributed by atoms with Gasteiger partial charge in [-0.1, -0.05) is 215 Å². The number of rotatable bonds is 23. The maximum atomic E-state index is 12.8. The smallest absolute Gasteiger partial charge is 0.338 e. The molecule has 3 N–H and O–H groups in total. The number of hydrogen-bond acceptors (Lipinski definition) is 21. The van der Waals surface area contributed by atoms with E-state index in [4.69, 9.17) is 66.3 Å². The summed E-state index contributed by atoms with van der Waals surface area (Å²) in [6.07, 6.45) is -8.48. The molecule has 0 aromatic heterocycles. The van der Waals surface area contributed by atoms with E-state index in [0.717, 1.165) is 28.7 Å². The van der Waals surface area contributed by atoms with Crippen LogP contribution in [0.15, 0.2) is 243 Å². The van der Waals surface area contributed by atoms with Crippen molar-refractivity contribution in [1.82, 2.24) is 0 Å². The molecule has 0 saturated carbocycles. The number of fused-ring (bicyclic) bond motifs is 1. The third-order valence-electron chi connectivity index (χ3n) is 20.1. The summed E-state index contributed by atoms with van der Waals surface area (Å²) in [6, 6.07) is 74.6. The van der Waals surface area contributed by atoms with Crippen LogP contribution in [0.1, 0.15) is 139 Å². The van der Waals surface area contributed by atoms with Gasteiger partial charge in [-0.25, -0.2) is 19.2 Å². The second kappa shape index (κ2) is 42.1. The Bertz CT molecular complexity index is 3740. The summed E-state index contributed by atoms with van der Waals surface area (Å²) < 4.78 is 83.3. The van der Waals surface area contributed by atoms with Crippen LogP contribution >= 0.6 is 0 Å². The number of hydrogen-bond donors (Lipinski definition) is 3. The lowest BCUT2D eigenvalue weighted by Gasteiger charge is -2.50. The van der Waals surface area contributed by atoms with Crippen LogP contribution in [0.3, 0.4) is 0 Å². The number of esters is 4. The molecule has 111 heavy (non-hydrogen) atoms. The molecule has 13 rings (SSSR count). The second-order valence-corrected chi connectivity index (χ2v) is 28.6. The highest BCUT2D eigenvalue weighted by atomic mass is 16.7. The van der Waals surface area contributed by atoms with Gasteiger partial charge < -0.3 is 81.6 Å². The van der Waals surface area contributed by atoms with E-state index in [9.17, 15) is 34.5 Å². The molecule has 5 aliphatic rings. The minimum atomic E-state index is -1.12. The molecule has 0 amide bonds. The maximum Gasteiger partial charge on any atom is 0.338 e. The van der Waals surface area contributed by atoms with Crippen LogP contribution in [-0.2, 0) is 92.7 Å². The fraction of sp³-hybridized carbons (Fsp3) is 0.422. The van der Waals surface area contributed by atoms with Crippen molar-refractivity contribution in [3.8, 4) is 0 Å². The van der Waals surface area contributed by atoms with E-state index < -0.39 is 96.9 Å². The van der Waals surface area contributed by atoms with Crippen molar-refractivity contribution in [1.29, 1.82) is 0 Å². The summed E-state index contributed by atoms with van der Waals surface area (Å²) >= 11 is 0. The Kier molecular flexibility index (Phi) is 32.1. The van der Waals surface area contributed by atoms with E-state index >= 15 is 0 Å². The van der Waals surface area contributed by atoms with Crippen molar-refractivity contribution in [2.24, 2.45) is 5.92 Å².